The van der Waals surface area contributed by atoms with Gasteiger partial charge in [0.25, 0.3) is 5.91 Å². The average Bonchev–Trinajstić information content (AvgIpc) is 2.92. The fraction of sp³-hybridized carbons (Fsp3) is 0.357. The predicted molar refractivity (Wildman–Crippen MR) is 90.6 cm³/mol. The normalized spacial score (nSPS) is 14.8. The first-order valence-electron chi connectivity index (χ1n) is 7.01. The van der Waals surface area contributed by atoms with Crippen molar-refractivity contribution >= 4 is 46.3 Å². The third-order valence-electron chi connectivity index (χ3n) is 3.33. The topological polar surface area (TPSA) is 67.4 Å². The number of ether oxygens (including phenoxy) is 1. The molecular formula is C14H14Cl2N4O2S. The number of carbonyl (C=O) groups is 1. The van der Waals surface area contributed by atoms with Gasteiger partial charge in [0.05, 0.1) is 29.7 Å². The molecule has 23 heavy (non-hydrogen) atoms. The Morgan fingerprint density at radius 1 is 1.39 bits per heavy atom. The highest BCUT2D eigenvalue weighted by atomic mass is 35.5. The van der Waals surface area contributed by atoms with Crippen molar-refractivity contribution < 1.29 is 9.53 Å². The summed E-state index contributed by atoms with van der Waals surface area (Å²) in [5.41, 5.74) is 0.367. The minimum Gasteiger partial charge on any atom is -0.378 e. The van der Waals surface area contributed by atoms with Crippen molar-refractivity contribution in [2.45, 2.75) is 6.54 Å². The van der Waals surface area contributed by atoms with Crippen LogP contribution in [0.2, 0.25) is 8.67 Å². The Kier molecular flexibility index (Phi) is 5.32. The Labute approximate surface area is 147 Å². The van der Waals surface area contributed by atoms with E-state index in [1.54, 1.807) is 12.3 Å². The SMILES string of the molecule is O=C(NCc1nccc(N2CCOCC2)n1)c1cc(Cl)sc1Cl. The predicted octanol–water partition coefficient (Wildman–Crippen LogP) is 2.61. The Morgan fingerprint density at radius 2 is 2.17 bits per heavy atom. The fourth-order valence-corrected chi connectivity index (χ4v) is 3.65. The molecule has 0 aromatic carbocycles. The number of thiophene rings is 1. The number of hydrogen-bond donors (Lipinski definition) is 1. The molecule has 2 aromatic heterocycles. The molecule has 0 bridgehead atoms. The van der Waals surface area contributed by atoms with Gasteiger partial charge in [0.1, 0.15) is 16.0 Å². The van der Waals surface area contributed by atoms with E-state index in [2.05, 4.69) is 20.2 Å². The van der Waals surface area contributed by atoms with Crippen LogP contribution in [0, 0.1) is 0 Å². The van der Waals surface area contributed by atoms with E-state index in [4.69, 9.17) is 27.9 Å². The van der Waals surface area contributed by atoms with Crippen LogP contribution in [0.3, 0.4) is 0 Å². The second-order valence-electron chi connectivity index (χ2n) is 4.85. The van der Waals surface area contributed by atoms with Crippen LogP contribution >= 0.6 is 34.5 Å². The molecule has 0 atom stereocenters. The number of rotatable bonds is 4. The van der Waals surface area contributed by atoms with E-state index in [0.29, 0.717) is 33.3 Å². The molecule has 1 N–H and O–H groups in total. The Hall–Kier alpha value is -1.41. The minimum absolute atomic E-state index is 0.223. The highest BCUT2D eigenvalue weighted by molar-refractivity contribution is 7.20. The molecule has 1 aliphatic heterocycles. The first-order valence-corrected chi connectivity index (χ1v) is 8.58. The number of anilines is 1. The van der Waals surface area contributed by atoms with Crippen LogP contribution in [0.1, 0.15) is 16.2 Å². The van der Waals surface area contributed by atoms with Gasteiger partial charge in [0.15, 0.2) is 0 Å². The van der Waals surface area contributed by atoms with Gasteiger partial charge in [-0.3, -0.25) is 4.79 Å². The minimum atomic E-state index is -0.293. The molecule has 0 saturated carbocycles. The lowest BCUT2D eigenvalue weighted by Crippen LogP contribution is -2.37. The van der Waals surface area contributed by atoms with E-state index < -0.39 is 0 Å². The lowest BCUT2D eigenvalue weighted by atomic mass is 10.3. The number of nitrogens with one attached hydrogen (secondary N) is 1. The lowest BCUT2D eigenvalue weighted by Gasteiger charge is -2.27. The summed E-state index contributed by atoms with van der Waals surface area (Å²) >= 11 is 13.0. The van der Waals surface area contributed by atoms with Gasteiger partial charge < -0.3 is 15.0 Å². The van der Waals surface area contributed by atoms with Gasteiger partial charge >= 0.3 is 0 Å². The molecule has 3 heterocycles. The maximum Gasteiger partial charge on any atom is 0.254 e. The molecule has 0 unspecified atom stereocenters. The van der Waals surface area contributed by atoms with Crippen LogP contribution in [0.25, 0.3) is 0 Å². The molecule has 9 heteroatoms. The van der Waals surface area contributed by atoms with Gasteiger partial charge in [0, 0.05) is 19.3 Å². The van der Waals surface area contributed by atoms with E-state index >= 15 is 0 Å². The van der Waals surface area contributed by atoms with E-state index in [1.165, 1.54) is 0 Å². The molecule has 6 nitrogen and oxygen atoms in total. The molecule has 0 aliphatic carbocycles. The third kappa shape index (κ3) is 4.11. The summed E-state index contributed by atoms with van der Waals surface area (Å²) in [6.45, 7) is 3.19. The van der Waals surface area contributed by atoms with Crippen molar-refractivity contribution in [2.75, 3.05) is 31.2 Å². The quantitative estimate of drug-likeness (QED) is 0.893. The summed E-state index contributed by atoms with van der Waals surface area (Å²) in [7, 11) is 0. The number of nitrogens with zero attached hydrogens (tertiary/aromatic N) is 3. The highest BCUT2D eigenvalue weighted by Crippen LogP contribution is 2.30. The number of morpholine rings is 1. The molecule has 1 fully saturated rings. The summed E-state index contributed by atoms with van der Waals surface area (Å²) in [4.78, 5) is 22.9. The first-order chi connectivity index (χ1) is 11.1. The Balaban J connectivity index is 1.64. The Bertz CT molecular complexity index is 704. The molecule has 1 saturated heterocycles. The summed E-state index contributed by atoms with van der Waals surface area (Å²) in [5, 5.41) is 2.76. The number of halogens is 2. The van der Waals surface area contributed by atoms with Crippen LogP contribution in [0.4, 0.5) is 5.82 Å². The van der Waals surface area contributed by atoms with E-state index in [1.807, 2.05) is 6.07 Å². The number of carbonyl (C=O) groups excluding carboxylic acids is 1. The smallest absolute Gasteiger partial charge is 0.254 e. The van der Waals surface area contributed by atoms with Crippen LogP contribution in [-0.4, -0.2) is 42.2 Å². The second-order valence-corrected chi connectivity index (χ2v) is 7.14. The van der Waals surface area contributed by atoms with Crippen LogP contribution in [0.5, 0.6) is 0 Å². The van der Waals surface area contributed by atoms with Gasteiger partial charge in [-0.25, -0.2) is 9.97 Å². The number of amides is 1. The highest BCUT2D eigenvalue weighted by Gasteiger charge is 2.16. The van der Waals surface area contributed by atoms with E-state index in [9.17, 15) is 4.79 Å². The molecular weight excluding hydrogens is 359 g/mol. The standard InChI is InChI=1S/C14H14Cl2N4O2S/c15-10-7-9(13(16)23-10)14(21)18-8-11-17-2-1-12(19-11)20-3-5-22-6-4-20/h1-2,7H,3-6,8H2,(H,18,21). The molecule has 3 rings (SSSR count). The van der Waals surface area contributed by atoms with E-state index in [0.717, 1.165) is 30.2 Å². The third-order valence-corrected chi connectivity index (χ3v) is 4.82. The van der Waals surface area contributed by atoms with Crippen molar-refractivity contribution in [2.24, 2.45) is 0 Å². The van der Waals surface area contributed by atoms with Crippen molar-refractivity contribution in [1.82, 2.24) is 15.3 Å². The summed E-state index contributed by atoms with van der Waals surface area (Å²) in [5.74, 6) is 1.09. The second kappa shape index (κ2) is 7.44. The zero-order valence-corrected chi connectivity index (χ0v) is 14.4. The molecule has 0 spiro atoms. The van der Waals surface area contributed by atoms with Gasteiger partial charge in [-0.2, -0.15) is 0 Å². The van der Waals surface area contributed by atoms with Crippen molar-refractivity contribution in [3.63, 3.8) is 0 Å². The largest absolute Gasteiger partial charge is 0.378 e. The monoisotopic (exact) mass is 372 g/mol. The summed E-state index contributed by atoms with van der Waals surface area (Å²) in [6, 6.07) is 3.40. The van der Waals surface area contributed by atoms with Gasteiger partial charge in [-0.1, -0.05) is 23.2 Å². The maximum atomic E-state index is 12.1. The Morgan fingerprint density at radius 3 is 2.87 bits per heavy atom. The maximum absolute atomic E-state index is 12.1. The van der Waals surface area contributed by atoms with Crippen molar-refractivity contribution in [3.8, 4) is 0 Å². The van der Waals surface area contributed by atoms with Crippen LogP contribution in [0.15, 0.2) is 18.3 Å². The van der Waals surface area contributed by atoms with Crippen molar-refractivity contribution in [3.05, 3.63) is 38.4 Å². The molecule has 2 aromatic rings. The zero-order valence-electron chi connectivity index (χ0n) is 12.1. The first kappa shape index (κ1) is 16.4. The lowest BCUT2D eigenvalue weighted by molar-refractivity contribution is 0.0950. The molecule has 1 aliphatic rings. The van der Waals surface area contributed by atoms with Crippen molar-refractivity contribution in [1.29, 1.82) is 0 Å². The number of hydrogen-bond acceptors (Lipinski definition) is 6. The molecule has 0 radical (unpaired) electrons. The van der Waals surface area contributed by atoms with Gasteiger partial charge in [-0.05, 0) is 12.1 Å². The van der Waals surface area contributed by atoms with E-state index in [-0.39, 0.29) is 12.5 Å². The van der Waals surface area contributed by atoms with Gasteiger partial charge in [0.2, 0.25) is 0 Å². The zero-order chi connectivity index (χ0) is 16.2. The summed E-state index contributed by atoms with van der Waals surface area (Å²) in [6.07, 6.45) is 1.69. The molecule has 122 valence electrons. The van der Waals surface area contributed by atoms with Gasteiger partial charge in [-0.15, -0.1) is 11.3 Å². The number of aromatic nitrogens is 2. The molecule has 1 amide bonds. The average molecular weight is 373 g/mol. The van der Waals surface area contributed by atoms with Crippen LogP contribution in [-0.2, 0) is 11.3 Å². The summed E-state index contributed by atoms with van der Waals surface area (Å²) < 4.78 is 6.18. The van der Waals surface area contributed by atoms with Crippen LogP contribution < -0.4 is 10.2 Å². The fourth-order valence-electron chi connectivity index (χ4n) is 2.19.